The van der Waals surface area contributed by atoms with Crippen LogP contribution in [-0.2, 0) is 12.3 Å². The van der Waals surface area contributed by atoms with Crippen LogP contribution in [0.3, 0.4) is 0 Å². The molecular weight excluding hydrogens is 334 g/mol. The Bertz CT molecular complexity index is 599. The van der Waals surface area contributed by atoms with Crippen LogP contribution >= 0.6 is 27.7 Å². The van der Waals surface area contributed by atoms with Crippen molar-refractivity contribution in [1.29, 1.82) is 0 Å². The minimum absolute atomic E-state index is 0.313. The third-order valence-corrected chi connectivity index (χ3v) is 4.78. The molecule has 0 aliphatic heterocycles. The predicted octanol–water partition coefficient (Wildman–Crippen LogP) is 4.54. The van der Waals surface area contributed by atoms with Gasteiger partial charge in [0.2, 0.25) is 0 Å². The van der Waals surface area contributed by atoms with Gasteiger partial charge in [0.25, 0.3) is 0 Å². The number of aryl methyl sites for hydroxylation is 2. The molecule has 2 nitrogen and oxygen atoms in total. The van der Waals surface area contributed by atoms with Gasteiger partial charge in [-0.05, 0) is 48.0 Å². The van der Waals surface area contributed by atoms with Gasteiger partial charge in [-0.1, -0.05) is 0 Å². The SMILES string of the molecule is CCn1nc(C)c(Br)c1CSc1cc(F)ccc1F. The molecule has 0 aliphatic carbocycles. The number of thioether (sulfide) groups is 1. The minimum atomic E-state index is -0.428. The molecule has 0 atom stereocenters. The molecule has 6 heteroatoms. The van der Waals surface area contributed by atoms with E-state index in [1.54, 1.807) is 0 Å². The van der Waals surface area contributed by atoms with Gasteiger partial charge < -0.3 is 0 Å². The summed E-state index contributed by atoms with van der Waals surface area (Å²) in [5.74, 6) is -0.291. The maximum Gasteiger partial charge on any atom is 0.136 e. The van der Waals surface area contributed by atoms with Gasteiger partial charge in [0.1, 0.15) is 11.6 Å². The van der Waals surface area contributed by atoms with Crippen molar-refractivity contribution in [2.45, 2.75) is 31.0 Å². The summed E-state index contributed by atoms with van der Waals surface area (Å²) in [4.78, 5) is 0.313. The van der Waals surface area contributed by atoms with E-state index in [-0.39, 0.29) is 0 Å². The first kappa shape index (κ1) is 14.5. The first-order valence-corrected chi connectivity index (χ1v) is 7.60. The number of nitrogens with zero attached hydrogens (tertiary/aromatic N) is 2. The second kappa shape index (κ2) is 6.05. The Balaban J connectivity index is 2.21. The van der Waals surface area contributed by atoms with Crippen molar-refractivity contribution >= 4 is 27.7 Å². The summed E-state index contributed by atoms with van der Waals surface area (Å²) in [6.07, 6.45) is 0. The molecule has 0 radical (unpaired) electrons. The quantitative estimate of drug-likeness (QED) is 0.756. The van der Waals surface area contributed by atoms with Crippen LogP contribution in [0.25, 0.3) is 0 Å². The van der Waals surface area contributed by atoms with Crippen molar-refractivity contribution in [3.63, 3.8) is 0 Å². The van der Waals surface area contributed by atoms with Crippen LogP contribution in [0.2, 0.25) is 0 Å². The van der Waals surface area contributed by atoms with E-state index in [0.717, 1.165) is 34.5 Å². The van der Waals surface area contributed by atoms with E-state index in [9.17, 15) is 8.78 Å². The van der Waals surface area contributed by atoms with Gasteiger partial charge in [0, 0.05) is 17.2 Å². The van der Waals surface area contributed by atoms with E-state index in [2.05, 4.69) is 21.0 Å². The molecule has 0 spiro atoms. The van der Waals surface area contributed by atoms with Gasteiger partial charge in [-0.15, -0.1) is 11.8 Å². The van der Waals surface area contributed by atoms with Crippen LogP contribution in [0.4, 0.5) is 8.78 Å². The predicted molar refractivity (Wildman–Crippen MR) is 76.3 cm³/mol. The van der Waals surface area contributed by atoms with Crippen LogP contribution in [0, 0.1) is 18.6 Å². The molecule has 19 heavy (non-hydrogen) atoms. The van der Waals surface area contributed by atoms with E-state index in [1.807, 2.05) is 18.5 Å². The Morgan fingerprint density at radius 2 is 2.11 bits per heavy atom. The molecule has 0 fully saturated rings. The molecule has 1 heterocycles. The largest absolute Gasteiger partial charge is 0.268 e. The van der Waals surface area contributed by atoms with E-state index in [1.165, 1.54) is 17.8 Å². The van der Waals surface area contributed by atoms with Gasteiger partial charge in [-0.3, -0.25) is 4.68 Å². The van der Waals surface area contributed by atoms with E-state index in [0.29, 0.717) is 10.6 Å². The Morgan fingerprint density at radius 3 is 2.79 bits per heavy atom. The number of rotatable bonds is 4. The summed E-state index contributed by atoms with van der Waals surface area (Å²) >= 11 is 4.75. The summed E-state index contributed by atoms with van der Waals surface area (Å²) in [5, 5.41) is 4.37. The lowest BCUT2D eigenvalue weighted by Crippen LogP contribution is -2.01. The molecule has 0 bridgehead atoms. The topological polar surface area (TPSA) is 17.8 Å². The smallest absolute Gasteiger partial charge is 0.136 e. The third kappa shape index (κ3) is 3.17. The van der Waals surface area contributed by atoms with Crippen molar-refractivity contribution in [2.75, 3.05) is 0 Å². The van der Waals surface area contributed by atoms with Crippen molar-refractivity contribution < 1.29 is 8.78 Å². The van der Waals surface area contributed by atoms with Crippen LogP contribution in [-0.4, -0.2) is 9.78 Å². The molecule has 2 rings (SSSR count). The molecule has 0 saturated heterocycles. The molecule has 1 aromatic heterocycles. The minimum Gasteiger partial charge on any atom is -0.268 e. The zero-order valence-electron chi connectivity index (χ0n) is 10.6. The molecule has 0 N–H and O–H groups in total. The lowest BCUT2D eigenvalue weighted by Gasteiger charge is -2.06. The first-order chi connectivity index (χ1) is 9.02. The first-order valence-electron chi connectivity index (χ1n) is 5.82. The highest BCUT2D eigenvalue weighted by Gasteiger charge is 2.13. The number of halogens is 3. The standard InChI is InChI=1S/C13H13BrF2N2S/c1-3-18-11(13(14)8(2)17-18)7-19-12-6-9(15)4-5-10(12)16/h4-6H,3,7H2,1-2H3. The average molecular weight is 347 g/mol. The highest BCUT2D eigenvalue weighted by Crippen LogP contribution is 2.30. The molecule has 1 aromatic carbocycles. The van der Waals surface area contributed by atoms with Crippen LogP contribution in [0.1, 0.15) is 18.3 Å². The molecule has 2 aromatic rings. The van der Waals surface area contributed by atoms with Crippen molar-refractivity contribution in [3.05, 3.63) is 45.7 Å². The fourth-order valence-electron chi connectivity index (χ4n) is 1.74. The lowest BCUT2D eigenvalue weighted by molar-refractivity contribution is 0.577. The number of hydrogen-bond donors (Lipinski definition) is 0. The number of aromatic nitrogens is 2. The van der Waals surface area contributed by atoms with Gasteiger partial charge in [-0.25, -0.2) is 8.78 Å². The summed E-state index contributed by atoms with van der Waals surface area (Å²) in [6.45, 7) is 4.65. The second-order valence-corrected chi connectivity index (χ2v) is 5.84. The molecule has 0 unspecified atom stereocenters. The van der Waals surface area contributed by atoms with E-state index < -0.39 is 11.6 Å². The van der Waals surface area contributed by atoms with Crippen molar-refractivity contribution in [1.82, 2.24) is 9.78 Å². The summed E-state index contributed by atoms with van der Waals surface area (Å²) in [7, 11) is 0. The van der Waals surface area contributed by atoms with Crippen LogP contribution < -0.4 is 0 Å². The number of hydrogen-bond acceptors (Lipinski definition) is 2. The average Bonchev–Trinajstić information content (AvgIpc) is 2.66. The summed E-state index contributed by atoms with van der Waals surface area (Å²) in [5.41, 5.74) is 1.88. The molecule has 0 aliphatic rings. The summed E-state index contributed by atoms with van der Waals surface area (Å²) < 4.78 is 29.4. The monoisotopic (exact) mass is 346 g/mol. The van der Waals surface area contributed by atoms with Gasteiger partial charge >= 0.3 is 0 Å². The fourth-order valence-corrected chi connectivity index (χ4v) is 3.34. The highest BCUT2D eigenvalue weighted by atomic mass is 79.9. The Hall–Kier alpha value is -0.880. The molecule has 0 amide bonds. The number of benzene rings is 1. The van der Waals surface area contributed by atoms with Crippen LogP contribution in [0.15, 0.2) is 27.6 Å². The maximum atomic E-state index is 13.5. The third-order valence-electron chi connectivity index (χ3n) is 2.71. The van der Waals surface area contributed by atoms with Gasteiger partial charge in [0.05, 0.1) is 15.9 Å². The Morgan fingerprint density at radius 1 is 1.37 bits per heavy atom. The summed E-state index contributed by atoms with van der Waals surface area (Å²) in [6, 6.07) is 3.48. The zero-order valence-corrected chi connectivity index (χ0v) is 13.0. The molecule has 0 saturated carbocycles. The highest BCUT2D eigenvalue weighted by molar-refractivity contribution is 9.10. The van der Waals surface area contributed by atoms with Crippen molar-refractivity contribution in [3.8, 4) is 0 Å². The normalized spacial score (nSPS) is 11.0. The Labute approximate surface area is 123 Å². The zero-order chi connectivity index (χ0) is 14.0. The maximum absolute atomic E-state index is 13.5. The Kier molecular flexibility index (Phi) is 4.62. The van der Waals surface area contributed by atoms with Gasteiger partial charge in [-0.2, -0.15) is 5.10 Å². The van der Waals surface area contributed by atoms with Crippen LogP contribution in [0.5, 0.6) is 0 Å². The van der Waals surface area contributed by atoms with E-state index >= 15 is 0 Å². The van der Waals surface area contributed by atoms with Crippen molar-refractivity contribution in [2.24, 2.45) is 0 Å². The fraction of sp³-hybridized carbons (Fsp3) is 0.308. The molecule has 102 valence electrons. The molecular formula is C13H13BrF2N2S. The lowest BCUT2D eigenvalue weighted by atomic mass is 10.3. The van der Waals surface area contributed by atoms with Gasteiger partial charge in [0.15, 0.2) is 0 Å². The van der Waals surface area contributed by atoms with E-state index in [4.69, 9.17) is 0 Å². The second-order valence-electron chi connectivity index (χ2n) is 4.03.